The highest BCUT2D eigenvalue weighted by atomic mass is 79.9. The van der Waals surface area contributed by atoms with Crippen molar-refractivity contribution in [1.29, 1.82) is 0 Å². The molecule has 0 spiro atoms. The summed E-state index contributed by atoms with van der Waals surface area (Å²) in [6, 6.07) is 12.1. The summed E-state index contributed by atoms with van der Waals surface area (Å²) in [5.74, 6) is 0.860. The van der Waals surface area contributed by atoms with Gasteiger partial charge in [-0.15, -0.1) is 0 Å². The van der Waals surface area contributed by atoms with E-state index in [1.54, 1.807) is 7.11 Å². The molecule has 0 aromatic heterocycles. The summed E-state index contributed by atoms with van der Waals surface area (Å²) in [6.45, 7) is 4.08. The molecule has 21 heavy (non-hydrogen) atoms. The third-order valence-corrected chi connectivity index (χ3v) is 4.63. The first-order valence-electron chi connectivity index (χ1n) is 7.09. The van der Waals surface area contributed by atoms with Gasteiger partial charge in [0.05, 0.1) is 13.2 Å². The van der Waals surface area contributed by atoms with Crippen LogP contribution < -0.4 is 4.74 Å². The van der Waals surface area contributed by atoms with Crippen LogP contribution in [-0.4, -0.2) is 12.2 Å². The summed E-state index contributed by atoms with van der Waals surface area (Å²) in [5.41, 5.74) is 4.50. The Balaban J connectivity index is 2.04. The van der Waals surface area contributed by atoms with Crippen LogP contribution in [0.2, 0.25) is 0 Å². The highest BCUT2D eigenvalue weighted by Gasteiger charge is 2.12. The normalized spacial score (nSPS) is 12.2. The Morgan fingerprint density at radius 2 is 1.76 bits per heavy atom. The second kappa shape index (κ2) is 7.10. The van der Waals surface area contributed by atoms with Crippen molar-refractivity contribution in [3.05, 3.63) is 63.1 Å². The zero-order valence-electron chi connectivity index (χ0n) is 12.7. The van der Waals surface area contributed by atoms with Crippen LogP contribution in [0.5, 0.6) is 5.75 Å². The fraction of sp³-hybridized carbons (Fsp3) is 0.333. The first kappa shape index (κ1) is 16.1. The summed E-state index contributed by atoms with van der Waals surface area (Å²) in [6.07, 6.45) is 1.13. The van der Waals surface area contributed by atoms with E-state index in [0.717, 1.165) is 33.3 Å². The average molecular weight is 349 g/mol. The van der Waals surface area contributed by atoms with Gasteiger partial charge in [-0.2, -0.15) is 0 Å². The van der Waals surface area contributed by atoms with Gasteiger partial charge in [0, 0.05) is 4.47 Å². The summed E-state index contributed by atoms with van der Waals surface area (Å²) < 4.78 is 6.24. The SMILES string of the molecule is COc1ccc(CCC(O)c2cc(C)c(Br)cc2C)cc1. The van der Waals surface area contributed by atoms with Crippen LogP contribution in [0.3, 0.4) is 0 Å². The Bertz CT molecular complexity index is 605. The van der Waals surface area contributed by atoms with Gasteiger partial charge in [0.15, 0.2) is 0 Å². The standard InChI is InChI=1S/C18H21BrO2/c1-12-11-17(19)13(2)10-16(12)18(20)9-6-14-4-7-15(21-3)8-5-14/h4-5,7-8,10-11,18,20H,6,9H2,1-3H3. The quantitative estimate of drug-likeness (QED) is 0.845. The summed E-state index contributed by atoms with van der Waals surface area (Å²) >= 11 is 3.53. The highest BCUT2D eigenvalue weighted by Crippen LogP contribution is 2.28. The monoisotopic (exact) mass is 348 g/mol. The van der Waals surface area contributed by atoms with Gasteiger partial charge < -0.3 is 9.84 Å². The van der Waals surface area contributed by atoms with E-state index < -0.39 is 6.10 Å². The number of aliphatic hydroxyl groups is 1. The Morgan fingerprint density at radius 1 is 1.10 bits per heavy atom. The second-order valence-electron chi connectivity index (χ2n) is 5.36. The lowest BCUT2D eigenvalue weighted by molar-refractivity contribution is 0.167. The van der Waals surface area contributed by atoms with E-state index in [1.807, 2.05) is 38.1 Å². The first-order valence-corrected chi connectivity index (χ1v) is 7.88. The molecular weight excluding hydrogens is 328 g/mol. The van der Waals surface area contributed by atoms with Crippen molar-refractivity contribution in [1.82, 2.24) is 0 Å². The molecule has 2 aromatic carbocycles. The topological polar surface area (TPSA) is 29.5 Å². The Hall–Kier alpha value is -1.32. The largest absolute Gasteiger partial charge is 0.497 e. The molecule has 2 nitrogen and oxygen atoms in total. The predicted molar refractivity (Wildman–Crippen MR) is 89.9 cm³/mol. The fourth-order valence-corrected chi connectivity index (χ4v) is 2.87. The number of hydrogen-bond acceptors (Lipinski definition) is 2. The number of halogens is 1. The molecule has 0 aliphatic carbocycles. The zero-order valence-corrected chi connectivity index (χ0v) is 14.3. The van der Waals surface area contributed by atoms with Gasteiger partial charge in [-0.3, -0.25) is 0 Å². The molecule has 2 aromatic rings. The molecule has 0 aliphatic heterocycles. The minimum atomic E-state index is -0.432. The molecule has 0 aliphatic rings. The van der Waals surface area contributed by atoms with Crippen molar-refractivity contribution in [2.45, 2.75) is 32.8 Å². The van der Waals surface area contributed by atoms with Crippen LogP contribution in [0.25, 0.3) is 0 Å². The maximum atomic E-state index is 10.4. The van der Waals surface area contributed by atoms with Crippen LogP contribution in [-0.2, 0) is 6.42 Å². The van der Waals surface area contributed by atoms with Gasteiger partial charge >= 0.3 is 0 Å². The minimum absolute atomic E-state index is 0.432. The lowest BCUT2D eigenvalue weighted by Gasteiger charge is -2.15. The van der Waals surface area contributed by atoms with Gasteiger partial charge in [-0.25, -0.2) is 0 Å². The molecule has 1 unspecified atom stereocenters. The molecule has 0 bridgehead atoms. The van der Waals surface area contributed by atoms with Gasteiger partial charge in [0.2, 0.25) is 0 Å². The van der Waals surface area contributed by atoms with Crippen molar-refractivity contribution in [2.24, 2.45) is 0 Å². The minimum Gasteiger partial charge on any atom is -0.497 e. The molecule has 1 atom stereocenters. The number of benzene rings is 2. The summed E-state index contributed by atoms with van der Waals surface area (Å²) in [7, 11) is 1.66. The van der Waals surface area contributed by atoms with E-state index in [4.69, 9.17) is 4.74 Å². The van der Waals surface area contributed by atoms with Gasteiger partial charge in [0.25, 0.3) is 0 Å². The van der Waals surface area contributed by atoms with Crippen LogP contribution in [0, 0.1) is 13.8 Å². The lowest BCUT2D eigenvalue weighted by atomic mass is 9.96. The van der Waals surface area contributed by atoms with E-state index in [1.165, 1.54) is 5.56 Å². The third kappa shape index (κ3) is 4.08. The number of aliphatic hydroxyl groups excluding tert-OH is 1. The van der Waals surface area contributed by atoms with E-state index in [-0.39, 0.29) is 0 Å². The van der Waals surface area contributed by atoms with Crippen molar-refractivity contribution in [2.75, 3.05) is 7.11 Å². The van der Waals surface area contributed by atoms with E-state index in [0.29, 0.717) is 6.42 Å². The maximum Gasteiger partial charge on any atom is 0.118 e. The Kier molecular flexibility index (Phi) is 5.43. The maximum absolute atomic E-state index is 10.4. The van der Waals surface area contributed by atoms with Gasteiger partial charge in [-0.05, 0) is 67.1 Å². The summed E-state index contributed by atoms with van der Waals surface area (Å²) in [4.78, 5) is 0. The molecule has 2 rings (SSSR count). The fourth-order valence-electron chi connectivity index (χ4n) is 2.41. The number of rotatable bonds is 5. The molecule has 112 valence electrons. The summed E-state index contributed by atoms with van der Waals surface area (Å²) in [5, 5.41) is 10.4. The molecule has 3 heteroatoms. The van der Waals surface area contributed by atoms with Crippen molar-refractivity contribution < 1.29 is 9.84 Å². The predicted octanol–water partition coefficient (Wildman–Crippen LogP) is 4.74. The van der Waals surface area contributed by atoms with E-state index in [2.05, 4.69) is 28.1 Å². The van der Waals surface area contributed by atoms with Crippen LogP contribution in [0.15, 0.2) is 40.9 Å². The molecule has 0 saturated heterocycles. The van der Waals surface area contributed by atoms with E-state index >= 15 is 0 Å². The molecule has 0 fully saturated rings. The number of ether oxygens (including phenoxy) is 1. The van der Waals surface area contributed by atoms with E-state index in [9.17, 15) is 5.11 Å². The van der Waals surface area contributed by atoms with Crippen LogP contribution in [0.4, 0.5) is 0 Å². The highest BCUT2D eigenvalue weighted by molar-refractivity contribution is 9.10. The molecule has 0 heterocycles. The van der Waals surface area contributed by atoms with Gasteiger partial charge in [0.1, 0.15) is 5.75 Å². The third-order valence-electron chi connectivity index (χ3n) is 3.77. The number of aryl methyl sites for hydroxylation is 3. The average Bonchev–Trinajstić information content (AvgIpc) is 2.49. The molecular formula is C18H21BrO2. The van der Waals surface area contributed by atoms with Crippen LogP contribution >= 0.6 is 15.9 Å². The van der Waals surface area contributed by atoms with Gasteiger partial charge in [-0.1, -0.05) is 34.1 Å². The van der Waals surface area contributed by atoms with Crippen molar-refractivity contribution in [3.8, 4) is 5.75 Å². The zero-order chi connectivity index (χ0) is 15.4. The lowest BCUT2D eigenvalue weighted by Crippen LogP contribution is -2.03. The molecule has 0 saturated carbocycles. The van der Waals surface area contributed by atoms with Crippen molar-refractivity contribution >= 4 is 15.9 Å². The Labute approximate surface area is 134 Å². The second-order valence-corrected chi connectivity index (χ2v) is 6.21. The molecule has 0 amide bonds. The smallest absolute Gasteiger partial charge is 0.118 e. The first-order chi connectivity index (χ1) is 10.0. The number of methoxy groups -OCH3 is 1. The number of hydrogen-bond donors (Lipinski definition) is 1. The molecule has 1 N–H and O–H groups in total. The molecule has 0 radical (unpaired) electrons. The van der Waals surface area contributed by atoms with Crippen LogP contribution in [0.1, 0.15) is 34.8 Å². The van der Waals surface area contributed by atoms with Crippen molar-refractivity contribution in [3.63, 3.8) is 0 Å². The Morgan fingerprint density at radius 3 is 2.38 bits per heavy atom.